The summed E-state index contributed by atoms with van der Waals surface area (Å²) in [5.74, 6) is 0. The fourth-order valence-electron chi connectivity index (χ4n) is 0.663. The number of hydrogen-bond donors (Lipinski definition) is 4. The van der Waals surface area contributed by atoms with Crippen LogP contribution in [-0.4, -0.2) is 51.3 Å². The summed E-state index contributed by atoms with van der Waals surface area (Å²) >= 11 is 3.02. The van der Waals surface area contributed by atoms with Gasteiger partial charge >= 0.3 is 6.18 Å². The summed E-state index contributed by atoms with van der Waals surface area (Å²) in [7, 11) is 0. The van der Waals surface area contributed by atoms with Gasteiger partial charge in [0, 0.05) is 0 Å². The molecule has 0 saturated heterocycles. The number of alkyl halides is 3. The zero-order valence-corrected chi connectivity index (χ0v) is 7.61. The zero-order valence-electron chi connectivity index (χ0n) is 6.72. The van der Waals surface area contributed by atoms with Gasteiger partial charge in [-0.15, -0.1) is 0 Å². The molecule has 4 nitrogen and oxygen atoms in total. The van der Waals surface area contributed by atoms with Crippen LogP contribution < -0.4 is 0 Å². The first-order valence-electron chi connectivity index (χ1n) is 3.46. The molecular weight excluding hydrogens is 225 g/mol. The Balaban J connectivity index is 4.46. The van der Waals surface area contributed by atoms with Gasteiger partial charge in [-0.25, -0.2) is 0 Å². The van der Waals surface area contributed by atoms with Gasteiger partial charge in [-0.3, -0.25) is 0 Å². The first-order valence-corrected chi connectivity index (χ1v) is 3.97. The molecule has 3 N–H and O–H groups in total. The Bertz CT molecular complexity index is 198. The van der Waals surface area contributed by atoms with E-state index in [1.54, 1.807) is 0 Å². The molecule has 0 amide bonds. The standard InChI is InChI=1S/C6H9F3O4S/c7-6(8,9)5(14)4(13)3(12)2(11)1-10/h1-5,11-14H/t2-,3+,4+,5-/m1/s1. The number of aliphatic hydroxyl groups is 3. The number of halogens is 3. The number of carbonyl (C=O) groups is 1. The molecule has 0 aromatic heterocycles. The fourth-order valence-corrected chi connectivity index (χ4v) is 0.839. The van der Waals surface area contributed by atoms with Crippen LogP contribution in [0.15, 0.2) is 0 Å². The third-order valence-electron chi connectivity index (χ3n) is 1.50. The zero-order chi connectivity index (χ0) is 11.5. The first-order chi connectivity index (χ1) is 6.21. The van der Waals surface area contributed by atoms with Crippen LogP contribution in [0.25, 0.3) is 0 Å². The largest absolute Gasteiger partial charge is 0.402 e. The third-order valence-corrected chi connectivity index (χ3v) is 2.10. The van der Waals surface area contributed by atoms with Gasteiger partial charge in [0.15, 0.2) is 6.29 Å². The molecule has 0 aliphatic rings. The molecular formula is C6H9F3O4S. The van der Waals surface area contributed by atoms with E-state index in [1.165, 1.54) is 0 Å². The second-order valence-electron chi connectivity index (χ2n) is 2.59. The summed E-state index contributed by atoms with van der Waals surface area (Å²) in [6.45, 7) is 0. The molecule has 8 heteroatoms. The fraction of sp³-hybridized carbons (Fsp3) is 0.833. The molecule has 0 rings (SSSR count). The van der Waals surface area contributed by atoms with E-state index in [1.807, 2.05) is 0 Å². The molecule has 0 heterocycles. The molecule has 0 aromatic rings. The van der Waals surface area contributed by atoms with Crippen molar-refractivity contribution in [1.29, 1.82) is 0 Å². The average Bonchev–Trinajstić information content (AvgIpc) is 2.11. The van der Waals surface area contributed by atoms with Crippen molar-refractivity contribution >= 4 is 18.9 Å². The molecule has 0 bridgehead atoms. The molecule has 0 saturated carbocycles. The maximum Gasteiger partial charge on any atom is 0.402 e. The molecule has 0 radical (unpaired) electrons. The van der Waals surface area contributed by atoms with E-state index >= 15 is 0 Å². The summed E-state index contributed by atoms with van der Waals surface area (Å²) in [5, 5.41) is 23.8. The van der Waals surface area contributed by atoms with Crippen molar-refractivity contribution in [1.82, 2.24) is 0 Å². The molecule has 0 unspecified atom stereocenters. The highest BCUT2D eigenvalue weighted by Gasteiger charge is 2.45. The van der Waals surface area contributed by atoms with Gasteiger partial charge in [-0.05, 0) is 0 Å². The number of carbonyl (C=O) groups excluding carboxylic acids is 1. The highest BCUT2D eigenvalue weighted by molar-refractivity contribution is 7.81. The van der Waals surface area contributed by atoms with Gasteiger partial charge < -0.3 is 20.1 Å². The Labute approximate surface area is 82.8 Å². The molecule has 0 aliphatic heterocycles. The van der Waals surface area contributed by atoms with Gasteiger partial charge in [-0.2, -0.15) is 25.8 Å². The first kappa shape index (κ1) is 13.7. The predicted octanol–water partition coefficient (Wildman–Crippen LogP) is -0.871. The van der Waals surface area contributed by atoms with Crippen molar-refractivity contribution in [2.45, 2.75) is 29.7 Å². The lowest BCUT2D eigenvalue weighted by molar-refractivity contribution is -0.167. The topological polar surface area (TPSA) is 77.8 Å². The summed E-state index contributed by atoms with van der Waals surface area (Å²) in [6, 6.07) is 0. The number of rotatable bonds is 4. The highest BCUT2D eigenvalue weighted by Crippen LogP contribution is 2.28. The third kappa shape index (κ3) is 3.45. The molecule has 0 aliphatic carbocycles. The maximum atomic E-state index is 11.9. The Morgan fingerprint density at radius 3 is 1.86 bits per heavy atom. The summed E-state index contributed by atoms with van der Waals surface area (Å²) in [6.07, 6.45) is -11.6. The highest BCUT2D eigenvalue weighted by atomic mass is 32.1. The van der Waals surface area contributed by atoms with Gasteiger partial charge in [0.05, 0.1) is 0 Å². The van der Waals surface area contributed by atoms with E-state index in [-0.39, 0.29) is 6.29 Å². The lowest BCUT2D eigenvalue weighted by Gasteiger charge is -2.25. The number of hydrogen-bond acceptors (Lipinski definition) is 5. The van der Waals surface area contributed by atoms with Gasteiger partial charge in [-0.1, -0.05) is 0 Å². The average molecular weight is 234 g/mol. The van der Waals surface area contributed by atoms with Crippen molar-refractivity contribution in [2.75, 3.05) is 0 Å². The van der Waals surface area contributed by atoms with Crippen LogP contribution >= 0.6 is 12.6 Å². The van der Waals surface area contributed by atoms with E-state index in [4.69, 9.17) is 15.3 Å². The lowest BCUT2D eigenvalue weighted by atomic mass is 10.1. The number of aldehydes is 1. The Morgan fingerprint density at radius 2 is 1.57 bits per heavy atom. The molecule has 14 heavy (non-hydrogen) atoms. The van der Waals surface area contributed by atoms with Crippen molar-refractivity contribution in [3.05, 3.63) is 0 Å². The second kappa shape index (κ2) is 4.96. The van der Waals surface area contributed by atoms with Crippen molar-refractivity contribution in [3.63, 3.8) is 0 Å². The van der Waals surface area contributed by atoms with Crippen LogP contribution in [0.2, 0.25) is 0 Å². The predicted molar refractivity (Wildman–Crippen MR) is 42.9 cm³/mol. The number of aliphatic hydroxyl groups excluding tert-OH is 3. The molecule has 0 fully saturated rings. The Morgan fingerprint density at radius 1 is 1.14 bits per heavy atom. The molecule has 4 atom stereocenters. The van der Waals surface area contributed by atoms with E-state index in [2.05, 4.69) is 12.6 Å². The normalized spacial score (nSPS) is 21.1. The summed E-state index contributed by atoms with van der Waals surface area (Å²) in [5.41, 5.74) is 0. The second-order valence-corrected chi connectivity index (χ2v) is 3.15. The van der Waals surface area contributed by atoms with Crippen molar-refractivity contribution in [2.24, 2.45) is 0 Å². The minimum absolute atomic E-state index is 0.176. The van der Waals surface area contributed by atoms with Crippen LogP contribution in [0, 0.1) is 0 Å². The van der Waals surface area contributed by atoms with Crippen molar-refractivity contribution in [3.8, 4) is 0 Å². The quantitative estimate of drug-likeness (QED) is 0.376. The van der Waals surface area contributed by atoms with Crippen LogP contribution in [0.3, 0.4) is 0 Å². The Kier molecular flexibility index (Phi) is 4.85. The van der Waals surface area contributed by atoms with E-state index < -0.39 is 29.7 Å². The minimum Gasteiger partial charge on any atom is -0.389 e. The van der Waals surface area contributed by atoms with Crippen LogP contribution in [-0.2, 0) is 4.79 Å². The molecule has 0 spiro atoms. The lowest BCUT2D eigenvalue weighted by Crippen LogP contribution is -2.48. The van der Waals surface area contributed by atoms with Gasteiger partial charge in [0.2, 0.25) is 0 Å². The number of thiol groups is 1. The van der Waals surface area contributed by atoms with E-state index in [9.17, 15) is 18.0 Å². The van der Waals surface area contributed by atoms with Crippen LogP contribution in [0.4, 0.5) is 13.2 Å². The monoisotopic (exact) mass is 234 g/mol. The summed E-state index contributed by atoms with van der Waals surface area (Å²) in [4.78, 5) is 9.90. The van der Waals surface area contributed by atoms with Gasteiger partial charge in [0.1, 0.15) is 23.6 Å². The van der Waals surface area contributed by atoms with Crippen LogP contribution in [0.5, 0.6) is 0 Å². The van der Waals surface area contributed by atoms with Crippen molar-refractivity contribution < 1.29 is 33.3 Å². The maximum absolute atomic E-state index is 11.9. The van der Waals surface area contributed by atoms with E-state index in [0.29, 0.717) is 0 Å². The smallest absolute Gasteiger partial charge is 0.389 e. The van der Waals surface area contributed by atoms with Gasteiger partial charge in [0.25, 0.3) is 0 Å². The SMILES string of the molecule is O=C[C@@H](O)[C@H](O)[C@H](O)[C@@H](S)C(F)(F)F. The van der Waals surface area contributed by atoms with E-state index in [0.717, 1.165) is 0 Å². The Hall–Kier alpha value is -0.310. The molecule has 0 aromatic carbocycles. The summed E-state index contributed by atoms with van der Waals surface area (Å²) < 4.78 is 35.7. The van der Waals surface area contributed by atoms with Crippen LogP contribution in [0.1, 0.15) is 0 Å². The minimum atomic E-state index is -4.83. The molecule has 84 valence electrons.